The van der Waals surface area contributed by atoms with E-state index < -0.39 is 0 Å². The van der Waals surface area contributed by atoms with E-state index in [0.717, 1.165) is 18.2 Å². The van der Waals surface area contributed by atoms with Gasteiger partial charge in [-0.25, -0.2) is 0 Å². The van der Waals surface area contributed by atoms with Crippen LogP contribution in [-0.2, 0) is 6.54 Å². The van der Waals surface area contributed by atoms with Crippen molar-refractivity contribution >= 4 is 0 Å². The molecule has 0 atom stereocenters. The molecule has 1 aromatic rings. The highest BCUT2D eigenvalue weighted by Gasteiger charge is 2.18. The zero-order chi connectivity index (χ0) is 9.97. The van der Waals surface area contributed by atoms with E-state index in [9.17, 15) is 0 Å². The Hall–Kier alpha value is -0.800. The lowest BCUT2D eigenvalue weighted by Crippen LogP contribution is -2.47. The molecule has 0 spiro atoms. The van der Waals surface area contributed by atoms with Crippen LogP contribution in [0.2, 0.25) is 0 Å². The van der Waals surface area contributed by atoms with Gasteiger partial charge in [0.2, 0.25) is 0 Å². The lowest BCUT2D eigenvalue weighted by atomic mass is 10.0. The van der Waals surface area contributed by atoms with Gasteiger partial charge >= 0.3 is 0 Å². The Labute approximate surface area is 85.1 Å². The van der Waals surface area contributed by atoms with E-state index in [1.54, 1.807) is 6.26 Å². The van der Waals surface area contributed by atoms with Gasteiger partial charge in [-0.1, -0.05) is 0 Å². The molecule has 0 saturated carbocycles. The van der Waals surface area contributed by atoms with Crippen molar-refractivity contribution in [2.24, 2.45) is 5.92 Å². The van der Waals surface area contributed by atoms with Gasteiger partial charge < -0.3 is 14.6 Å². The second-order valence-corrected chi connectivity index (χ2v) is 4.22. The number of hydrogen-bond donors (Lipinski definition) is 1. The fourth-order valence-corrected chi connectivity index (χ4v) is 1.85. The largest absolute Gasteiger partial charge is 0.469 e. The summed E-state index contributed by atoms with van der Waals surface area (Å²) < 4.78 is 5.27. The van der Waals surface area contributed by atoms with Gasteiger partial charge in [-0.15, -0.1) is 0 Å². The Morgan fingerprint density at radius 3 is 2.86 bits per heavy atom. The lowest BCUT2D eigenvalue weighted by molar-refractivity contribution is 0.218. The summed E-state index contributed by atoms with van der Waals surface area (Å²) >= 11 is 0. The average molecular weight is 194 g/mol. The monoisotopic (exact) mass is 194 g/mol. The van der Waals surface area contributed by atoms with Crippen molar-refractivity contribution in [2.75, 3.05) is 26.7 Å². The van der Waals surface area contributed by atoms with Crippen LogP contribution in [-0.4, -0.2) is 31.6 Å². The Morgan fingerprint density at radius 2 is 2.36 bits per heavy atom. The Kier molecular flexibility index (Phi) is 2.89. The predicted molar refractivity (Wildman–Crippen MR) is 56.1 cm³/mol. The molecule has 14 heavy (non-hydrogen) atoms. The zero-order valence-corrected chi connectivity index (χ0v) is 8.92. The van der Waals surface area contributed by atoms with Gasteiger partial charge in [-0.2, -0.15) is 0 Å². The molecule has 0 unspecified atom stereocenters. The van der Waals surface area contributed by atoms with E-state index in [-0.39, 0.29) is 0 Å². The SMILES string of the molecule is Cc1occc1CN(C)CC1CNC1. The summed E-state index contributed by atoms with van der Waals surface area (Å²) in [7, 11) is 2.17. The number of hydrogen-bond acceptors (Lipinski definition) is 3. The predicted octanol–water partition coefficient (Wildman–Crippen LogP) is 1.24. The highest BCUT2D eigenvalue weighted by molar-refractivity contribution is 5.14. The first-order valence-corrected chi connectivity index (χ1v) is 5.18. The van der Waals surface area contributed by atoms with Crippen LogP contribution in [0.3, 0.4) is 0 Å². The van der Waals surface area contributed by atoms with Crippen LogP contribution >= 0.6 is 0 Å². The molecule has 3 nitrogen and oxygen atoms in total. The normalized spacial score (nSPS) is 17.4. The molecule has 2 rings (SSSR count). The van der Waals surface area contributed by atoms with E-state index in [2.05, 4.69) is 23.3 Å². The molecular formula is C11H18N2O. The molecule has 0 amide bonds. The van der Waals surface area contributed by atoms with Gasteiger partial charge in [0.1, 0.15) is 5.76 Å². The highest BCUT2D eigenvalue weighted by Crippen LogP contribution is 2.12. The van der Waals surface area contributed by atoms with Gasteiger partial charge in [-0.05, 0) is 26.0 Å². The summed E-state index contributed by atoms with van der Waals surface area (Å²) in [4.78, 5) is 2.36. The molecule has 1 saturated heterocycles. The Morgan fingerprint density at radius 1 is 1.57 bits per heavy atom. The van der Waals surface area contributed by atoms with Crippen molar-refractivity contribution in [1.29, 1.82) is 0 Å². The van der Waals surface area contributed by atoms with Crippen LogP contribution in [0.5, 0.6) is 0 Å². The number of rotatable bonds is 4. The molecular weight excluding hydrogens is 176 g/mol. The quantitative estimate of drug-likeness (QED) is 0.781. The summed E-state index contributed by atoms with van der Waals surface area (Å²) in [5.74, 6) is 1.88. The van der Waals surface area contributed by atoms with Crippen LogP contribution in [0, 0.1) is 12.8 Å². The Bertz CT molecular complexity index is 291. The molecule has 1 N–H and O–H groups in total. The van der Waals surface area contributed by atoms with E-state index in [1.807, 2.05) is 6.92 Å². The van der Waals surface area contributed by atoms with Gasteiger partial charge in [0, 0.05) is 31.7 Å². The van der Waals surface area contributed by atoms with Crippen molar-refractivity contribution in [3.63, 3.8) is 0 Å². The number of aryl methyl sites for hydroxylation is 1. The maximum absolute atomic E-state index is 5.27. The molecule has 78 valence electrons. The first-order chi connectivity index (χ1) is 6.75. The maximum Gasteiger partial charge on any atom is 0.105 e. The fraction of sp³-hybridized carbons (Fsp3) is 0.636. The molecule has 0 aliphatic carbocycles. The molecule has 0 aromatic carbocycles. The molecule has 1 aliphatic rings. The smallest absolute Gasteiger partial charge is 0.105 e. The third-order valence-corrected chi connectivity index (χ3v) is 2.84. The zero-order valence-electron chi connectivity index (χ0n) is 8.92. The number of nitrogens with zero attached hydrogens (tertiary/aromatic N) is 1. The van der Waals surface area contributed by atoms with Gasteiger partial charge in [0.05, 0.1) is 6.26 Å². The summed E-state index contributed by atoms with van der Waals surface area (Å²) in [5.41, 5.74) is 1.31. The van der Waals surface area contributed by atoms with Gasteiger partial charge in [-0.3, -0.25) is 0 Å². The minimum Gasteiger partial charge on any atom is -0.469 e. The van der Waals surface area contributed by atoms with Crippen LogP contribution in [0.1, 0.15) is 11.3 Å². The third-order valence-electron chi connectivity index (χ3n) is 2.84. The van der Waals surface area contributed by atoms with E-state index in [0.29, 0.717) is 0 Å². The summed E-state index contributed by atoms with van der Waals surface area (Å²) in [6, 6.07) is 2.06. The Balaban J connectivity index is 1.81. The first kappa shape index (κ1) is 9.74. The average Bonchev–Trinajstić information content (AvgIpc) is 2.45. The van der Waals surface area contributed by atoms with Crippen LogP contribution in [0.15, 0.2) is 16.7 Å². The maximum atomic E-state index is 5.27. The number of nitrogens with one attached hydrogen (secondary N) is 1. The van der Waals surface area contributed by atoms with Crippen LogP contribution < -0.4 is 5.32 Å². The summed E-state index contributed by atoms with van der Waals surface area (Å²) in [6.07, 6.45) is 1.77. The van der Waals surface area contributed by atoms with Crippen molar-refractivity contribution in [2.45, 2.75) is 13.5 Å². The second-order valence-electron chi connectivity index (χ2n) is 4.22. The van der Waals surface area contributed by atoms with Crippen LogP contribution in [0.4, 0.5) is 0 Å². The lowest BCUT2D eigenvalue weighted by Gasteiger charge is -2.31. The van der Waals surface area contributed by atoms with E-state index >= 15 is 0 Å². The fourth-order valence-electron chi connectivity index (χ4n) is 1.85. The first-order valence-electron chi connectivity index (χ1n) is 5.18. The molecule has 1 aliphatic heterocycles. The molecule has 1 aromatic heterocycles. The summed E-state index contributed by atoms with van der Waals surface area (Å²) in [5, 5.41) is 3.29. The van der Waals surface area contributed by atoms with E-state index in [4.69, 9.17) is 4.42 Å². The standard InChI is InChI=1S/C11H18N2O/c1-9-11(3-4-14-9)8-13(2)7-10-5-12-6-10/h3-4,10,12H,5-8H2,1-2H3. The molecule has 0 bridgehead atoms. The van der Waals surface area contributed by atoms with Gasteiger partial charge in [0.25, 0.3) is 0 Å². The molecule has 3 heteroatoms. The van der Waals surface area contributed by atoms with Crippen molar-refractivity contribution in [3.8, 4) is 0 Å². The van der Waals surface area contributed by atoms with Crippen molar-refractivity contribution < 1.29 is 4.42 Å². The minimum absolute atomic E-state index is 0.840. The van der Waals surface area contributed by atoms with Crippen molar-refractivity contribution in [3.05, 3.63) is 23.7 Å². The topological polar surface area (TPSA) is 28.4 Å². The second kappa shape index (κ2) is 4.15. The highest BCUT2D eigenvalue weighted by atomic mass is 16.3. The van der Waals surface area contributed by atoms with Gasteiger partial charge in [0.15, 0.2) is 0 Å². The summed E-state index contributed by atoms with van der Waals surface area (Å²) in [6.45, 7) is 6.55. The van der Waals surface area contributed by atoms with Crippen LogP contribution in [0.25, 0.3) is 0 Å². The molecule has 2 heterocycles. The van der Waals surface area contributed by atoms with E-state index in [1.165, 1.54) is 25.2 Å². The van der Waals surface area contributed by atoms with Crippen molar-refractivity contribution in [1.82, 2.24) is 10.2 Å². The number of furan rings is 1. The molecule has 0 radical (unpaired) electrons. The minimum atomic E-state index is 0.840. The third kappa shape index (κ3) is 2.16. The molecule has 1 fully saturated rings.